The van der Waals surface area contributed by atoms with E-state index < -0.39 is 27.1 Å². The standard InChI is InChI=1S/C3H6O3.Ca.H3O4P/c4-1-3(6)2-5;;1-5(2,3)4/h3-4H,1-2H2;;(H3,1,2,3,4)/q-2;+2;. The molecule has 0 saturated heterocycles. The molecular formula is C3H9CaO7P. The Hall–Kier alpha value is 1.25. The fraction of sp³-hybridized carbons (Fsp3) is 1.00. The third-order valence-electron chi connectivity index (χ3n) is 0.390. The van der Waals surface area contributed by atoms with E-state index in [1.54, 1.807) is 0 Å². The zero-order valence-corrected chi connectivity index (χ0v) is 9.26. The number of rotatable bonds is 2. The van der Waals surface area contributed by atoms with E-state index in [9.17, 15) is 10.2 Å². The van der Waals surface area contributed by atoms with E-state index in [0.29, 0.717) is 0 Å². The first-order valence-corrected chi connectivity index (χ1v) is 4.00. The summed E-state index contributed by atoms with van der Waals surface area (Å²) in [5.74, 6) is 0. The third-order valence-corrected chi connectivity index (χ3v) is 0.390. The van der Waals surface area contributed by atoms with Crippen molar-refractivity contribution >= 4 is 45.6 Å². The number of hydrogen-bond acceptors (Lipinski definition) is 4. The molecule has 0 bridgehead atoms. The Kier molecular flexibility index (Phi) is 16.3. The van der Waals surface area contributed by atoms with Crippen LogP contribution in [0.4, 0.5) is 0 Å². The topological polar surface area (TPSA) is 144 Å². The maximum absolute atomic E-state index is 9.70. The van der Waals surface area contributed by atoms with Crippen LogP contribution in [0.3, 0.4) is 0 Å². The molecule has 1 unspecified atom stereocenters. The Morgan fingerprint density at radius 3 is 1.58 bits per heavy atom. The molecule has 0 amide bonds. The quantitative estimate of drug-likeness (QED) is 0.277. The predicted octanol–water partition coefficient (Wildman–Crippen LogP) is -4.24. The van der Waals surface area contributed by atoms with Gasteiger partial charge in [0.2, 0.25) is 0 Å². The van der Waals surface area contributed by atoms with Gasteiger partial charge >= 0.3 is 45.6 Å². The summed E-state index contributed by atoms with van der Waals surface area (Å²) in [6.45, 7) is -1.26. The number of aliphatic hydroxyl groups is 1. The van der Waals surface area contributed by atoms with Crippen LogP contribution in [0.25, 0.3) is 0 Å². The molecule has 0 fully saturated rings. The van der Waals surface area contributed by atoms with Gasteiger partial charge in [-0.25, -0.2) is 4.57 Å². The maximum atomic E-state index is 9.70. The van der Waals surface area contributed by atoms with Crippen molar-refractivity contribution < 1.29 is 34.6 Å². The third kappa shape index (κ3) is 42.9. The Bertz CT molecular complexity index is 112. The number of hydrogen-bond donors (Lipinski definition) is 4. The molecule has 0 saturated carbocycles. The number of aliphatic hydroxyl groups excluding tert-OH is 1. The van der Waals surface area contributed by atoms with Crippen LogP contribution in [0.2, 0.25) is 0 Å². The summed E-state index contributed by atoms with van der Waals surface area (Å²) in [7, 11) is -4.64. The van der Waals surface area contributed by atoms with Crippen molar-refractivity contribution in [2.24, 2.45) is 0 Å². The van der Waals surface area contributed by atoms with E-state index >= 15 is 0 Å². The Morgan fingerprint density at radius 1 is 1.33 bits per heavy atom. The van der Waals surface area contributed by atoms with Gasteiger partial charge in [-0.15, -0.1) is 6.10 Å². The van der Waals surface area contributed by atoms with Crippen LogP contribution in [0.5, 0.6) is 0 Å². The molecule has 7 nitrogen and oxygen atoms in total. The van der Waals surface area contributed by atoms with E-state index in [-0.39, 0.29) is 37.7 Å². The molecule has 0 aromatic rings. The second-order valence-corrected chi connectivity index (χ2v) is 2.51. The monoisotopic (exact) mass is 228 g/mol. The molecule has 0 aliphatic heterocycles. The van der Waals surface area contributed by atoms with Crippen molar-refractivity contribution in [1.82, 2.24) is 0 Å². The molecule has 0 spiro atoms. The van der Waals surface area contributed by atoms with Gasteiger partial charge in [-0.1, -0.05) is 0 Å². The molecular weight excluding hydrogens is 219 g/mol. The average Bonchev–Trinajstić information content (AvgIpc) is 1.83. The first kappa shape index (κ1) is 18.9. The van der Waals surface area contributed by atoms with Crippen LogP contribution in [0.15, 0.2) is 0 Å². The molecule has 0 aromatic heterocycles. The van der Waals surface area contributed by atoms with E-state index in [1.807, 2.05) is 0 Å². The molecule has 0 aromatic carbocycles. The van der Waals surface area contributed by atoms with Gasteiger partial charge in [0.1, 0.15) is 0 Å². The molecule has 70 valence electrons. The number of phosphoric acid groups is 1. The van der Waals surface area contributed by atoms with Crippen molar-refractivity contribution in [3.8, 4) is 0 Å². The largest absolute Gasteiger partial charge is 2.00 e. The molecule has 0 radical (unpaired) electrons. The summed E-state index contributed by atoms with van der Waals surface area (Å²) in [5.41, 5.74) is 0. The van der Waals surface area contributed by atoms with Crippen LogP contribution >= 0.6 is 7.82 Å². The molecule has 0 aliphatic rings. The Balaban J connectivity index is -0.000000126. The predicted molar refractivity (Wildman–Crippen MR) is 35.8 cm³/mol. The second kappa shape index (κ2) is 10.3. The van der Waals surface area contributed by atoms with Gasteiger partial charge in [0, 0.05) is 6.61 Å². The zero-order valence-electron chi connectivity index (χ0n) is 6.16. The fourth-order valence-corrected chi connectivity index (χ4v) is 0.0527. The molecule has 9 heteroatoms. The van der Waals surface area contributed by atoms with Crippen LogP contribution in [0, 0.1) is 0 Å². The van der Waals surface area contributed by atoms with Gasteiger partial charge < -0.3 is 30.0 Å². The summed E-state index contributed by atoms with van der Waals surface area (Å²) in [6.07, 6.45) is -1.31. The maximum Gasteiger partial charge on any atom is 2.00 e. The molecule has 0 rings (SSSR count). The van der Waals surface area contributed by atoms with Crippen molar-refractivity contribution in [1.29, 1.82) is 0 Å². The average molecular weight is 228 g/mol. The minimum Gasteiger partial charge on any atom is -0.855 e. The van der Waals surface area contributed by atoms with Crippen molar-refractivity contribution in [2.75, 3.05) is 13.2 Å². The summed E-state index contributed by atoms with van der Waals surface area (Å²) < 4.78 is 8.88. The van der Waals surface area contributed by atoms with E-state index in [4.69, 9.17) is 24.4 Å². The first-order valence-electron chi connectivity index (χ1n) is 2.44. The fourth-order valence-electron chi connectivity index (χ4n) is 0.0527. The van der Waals surface area contributed by atoms with Crippen LogP contribution in [-0.2, 0) is 4.57 Å². The van der Waals surface area contributed by atoms with Crippen molar-refractivity contribution in [3.05, 3.63) is 0 Å². The summed E-state index contributed by atoms with van der Waals surface area (Å²) >= 11 is 0. The van der Waals surface area contributed by atoms with Gasteiger partial charge in [-0.2, -0.15) is 6.61 Å². The van der Waals surface area contributed by atoms with Crippen LogP contribution in [0.1, 0.15) is 0 Å². The minimum absolute atomic E-state index is 0. The Morgan fingerprint density at radius 2 is 1.58 bits per heavy atom. The summed E-state index contributed by atoms with van der Waals surface area (Å²) in [5, 5.41) is 26.9. The zero-order chi connectivity index (χ0) is 9.49. The van der Waals surface area contributed by atoms with Crippen molar-refractivity contribution in [2.45, 2.75) is 6.10 Å². The SMILES string of the molecule is O=P(O)(O)O.[Ca+2].[O-]CC([O-])CO. The molecule has 0 heterocycles. The van der Waals surface area contributed by atoms with Crippen LogP contribution in [-0.4, -0.2) is 76.8 Å². The summed E-state index contributed by atoms with van der Waals surface area (Å²) in [6, 6.07) is 0. The summed E-state index contributed by atoms with van der Waals surface area (Å²) in [4.78, 5) is 21.6. The van der Waals surface area contributed by atoms with Crippen LogP contribution < -0.4 is 10.2 Å². The van der Waals surface area contributed by atoms with Gasteiger partial charge in [-0.3, -0.25) is 0 Å². The van der Waals surface area contributed by atoms with Gasteiger partial charge in [-0.05, 0) is 0 Å². The minimum atomic E-state index is -4.64. The van der Waals surface area contributed by atoms with Crippen molar-refractivity contribution in [3.63, 3.8) is 0 Å². The van der Waals surface area contributed by atoms with Gasteiger partial charge in [0.25, 0.3) is 0 Å². The normalized spacial score (nSPS) is 12.2. The second-order valence-electron chi connectivity index (χ2n) is 1.48. The molecule has 1 atom stereocenters. The van der Waals surface area contributed by atoms with Gasteiger partial charge in [0.15, 0.2) is 0 Å². The molecule has 4 N–H and O–H groups in total. The van der Waals surface area contributed by atoms with Gasteiger partial charge in [0.05, 0.1) is 0 Å². The van der Waals surface area contributed by atoms with E-state index in [1.165, 1.54) is 0 Å². The first-order chi connectivity index (χ1) is 4.81. The molecule has 0 aliphatic carbocycles. The van der Waals surface area contributed by atoms with E-state index in [0.717, 1.165) is 0 Å². The van der Waals surface area contributed by atoms with E-state index in [2.05, 4.69) is 0 Å². The Labute approximate surface area is 98.9 Å². The smallest absolute Gasteiger partial charge is 0.855 e. The molecule has 12 heavy (non-hydrogen) atoms.